The summed E-state index contributed by atoms with van der Waals surface area (Å²) in [6, 6.07) is 3.76. The van der Waals surface area contributed by atoms with Gasteiger partial charge in [-0.05, 0) is 30.2 Å². The molecule has 1 aliphatic rings. The molecule has 0 radical (unpaired) electrons. The number of aromatic nitrogens is 1. The lowest BCUT2D eigenvalue weighted by Gasteiger charge is -2.20. The molecule has 1 aromatic heterocycles. The lowest BCUT2D eigenvalue weighted by Crippen LogP contribution is -2.34. The van der Waals surface area contributed by atoms with Crippen molar-refractivity contribution in [2.24, 2.45) is 0 Å². The Hall–Kier alpha value is -1.59. The number of H-pyrrole nitrogens is 1. The van der Waals surface area contributed by atoms with E-state index in [1.807, 2.05) is 0 Å². The molecule has 3 rings (SSSR count). The average Bonchev–Trinajstić information content (AvgIpc) is 2.65. The van der Waals surface area contributed by atoms with Crippen LogP contribution in [0.4, 0.5) is 4.39 Å². The number of fused-ring (bicyclic) bond motifs is 3. The summed E-state index contributed by atoms with van der Waals surface area (Å²) in [4.78, 5) is 14.1. The van der Waals surface area contributed by atoms with Gasteiger partial charge in [0.05, 0.1) is 0 Å². The molecule has 1 unspecified atom stereocenters. The topological polar surface area (TPSA) is 65.1 Å². The third-order valence-corrected chi connectivity index (χ3v) is 3.16. The van der Waals surface area contributed by atoms with Gasteiger partial charge in [0.15, 0.2) is 0 Å². The van der Waals surface area contributed by atoms with Crippen molar-refractivity contribution in [2.45, 2.75) is 12.5 Å². The third kappa shape index (κ3) is 1.85. The van der Waals surface area contributed by atoms with Gasteiger partial charge in [-0.1, -0.05) is 0 Å². The Kier molecular flexibility index (Phi) is 3.28. The van der Waals surface area contributed by atoms with Gasteiger partial charge in [0.25, 0.3) is 0 Å². The number of hydrogen-bond acceptors (Lipinski definition) is 2. The molecule has 0 fully saturated rings. The maximum Gasteiger partial charge on any atom is 0.326 e. The van der Waals surface area contributed by atoms with Crippen molar-refractivity contribution in [1.82, 2.24) is 10.3 Å². The molecule has 2 heterocycles. The highest BCUT2D eigenvalue weighted by atomic mass is 35.5. The molecule has 1 atom stereocenters. The van der Waals surface area contributed by atoms with Crippen LogP contribution in [0.2, 0.25) is 0 Å². The average molecular weight is 271 g/mol. The lowest BCUT2D eigenvalue weighted by atomic mass is 9.99. The van der Waals surface area contributed by atoms with Gasteiger partial charge in [-0.15, -0.1) is 12.4 Å². The number of rotatable bonds is 1. The van der Waals surface area contributed by atoms with E-state index in [4.69, 9.17) is 5.11 Å². The van der Waals surface area contributed by atoms with Crippen molar-refractivity contribution < 1.29 is 14.3 Å². The molecular formula is C12H12ClFN2O2. The van der Waals surface area contributed by atoms with Crippen molar-refractivity contribution in [2.75, 3.05) is 6.54 Å². The predicted octanol–water partition coefficient (Wildman–Crippen LogP) is 2.00. The Balaban J connectivity index is 0.00000120. The highest BCUT2D eigenvalue weighted by Crippen LogP contribution is 2.30. The highest BCUT2D eigenvalue weighted by molar-refractivity contribution is 5.88. The van der Waals surface area contributed by atoms with Gasteiger partial charge in [0.1, 0.15) is 11.9 Å². The normalized spacial score (nSPS) is 18.2. The largest absolute Gasteiger partial charge is 0.480 e. The number of carboxylic acids is 1. The fraction of sp³-hybridized carbons (Fsp3) is 0.250. The van der Waals surface area contributed by atoms with Crippen molar-refractivity contribution >= 4 is 29.3 Å². The van der Waals surface area contributed by atoms with Crippen LogP contribution in [0.1, 0.15) is 17.3 Å². The monoisotopic (exact) mass is 270 g/mol. The summed E-state index contributed by atoms with van der Waals surface area (Å²) in [5, 5.41) is 12.9. The van der Waals surface area contributed by atoms with E-state index in [9.17, 15) is 9.18 Å². The second-order valence-corrected chi connectivity index (χ2v) is 4.18. The zero-order chi connectivity index (χ0) is 12.0. The van der Waals surface area contributed by atoms with Crippen LogP contribution in [0.25, 0.3) is 10.9 Å². The van der Waals surface area contributed by atoms with Crippen LogP contribution in [0, 0.1) is 5.82 Å². The minimum Gasteiger partial charge on any atom is -0.480 e. The lowest BCUT2D eigenvalue weighted by molar-refractivity contribution is -0.139. The summed E-state index contributed by atoms with van der Waals surface area (Å²) in [6.45, 7) is 0.619. The first kappa shape index (κ1) is 12.9. The first-order valence-corrected chi connectivity index (χ1v) is 5.43. The highest BCUT2D eigenvalue weighted by Gasteiger charge is 2.28. The maximum absolute atomic E-state index is 13.1. The number of nitrogens with one attached hydrogen (secondary N) is 2. The van der Waals surface area contributed by atoms with Crippen LogP contribution >= 0.6 is 12.4 Å². The smallest absolute Gasteiger partial charge is 0.326 e. The number of carboxylic acid groups (broad SMARTS) is 1. The van der Waals surface area contributed by atoms with E-state index in [0.29, 0.717) is 17.8 Å². The number of benzene rings is 1. The first-order valence-electron chi connectivity index (χ1n) is 5.43. The molecular weight excluding hydrogens is 259 g/mol. The number of hydrogen-bond donors (Lipinski definition) is 3. The van der Waals surface area contributed by atoms with Gasteiger partial charge in [0, 0.05) is 23.1 Å². The summed E-state index contributed by atoms with van der Waals surface area (Å²) < 4.78 is 13.1. The maximum atomic E-state index is 13.1. The van der Waals surface area contributed by atoms with Gasteiger partial charge in [0.2, 0.25) is 0 Å². The molecule has 3 N–H and O–H groups in total. The van der Waals surface area contributed by atoms with E-state index in [0.717, 1.165) is 17.4 Å². The quantitative estimate of drug-likeness (QED) is 0.743. The summed E-state index contributed by atoms with van der Waals surface area (Å²) >= 11 is 0. The molecule has 18 heavy (non-hydrogen) atoms. The second-order valence-electron chi connectivity index (χ2n) is 4.18. The van der Waals surface area contributed by atoms with E-state index in [-0.39, 0.29) is 18.2 Å². The number of aromatic amines is 1. The van der Waals surface area contributed by atoms with Crippen molar-refractivity contribution in [3.63, 3.8) is 0 Å². The van der Waals surface area contributed by atoms with Crippen LogP contribution in [-0.2, 0) is 11.2 Å². The predicted molar refractivity (Wildman–Crippen MR) is 67.6 cm³/mol. The number of halogens is 2. The van der Waals surface area contributed by atoms with Gasteiger partial charge >= 0.3 is 5.97 Å². The van der Waals surface area contributed by atoms with Gasteiger partial charge in [-0.2, -0.15) is 0 Å². The Morgan fingerprint density at radius 1 is 1.44 bits per heavy atom. The van der Waals surface area contributed by atoms with Crippen molar-refractivity contribution in [3.05, 3.63) is 35.3 Å². The van der Waals surface area contributed by atoms with Gasteiger partial charge in [-0.25, -0.2) is 4.39 Å². The fourth-order valence-electron chi connectivity index (χ4n) is 2.42. The Morgan fingerprint density at radius 2 is 2.22 bits per heavy atom. The molecule has 6 heteroatoms. The third-order valence-electron chi connectivity index (χ3n) is 3.16. The van der Waals surface area contributed by atoms with E-state index < -0.39 is 12.0 Å². The minimum absolute atomic E-state index is 0. The summed E-state index contributed by atoms with van der Waals surface area (Å²) in [6.07, 6.45) is 0.755. The molecule has 2 aromatic rings. The summed E-state index contributed by atoms with van der Waals surface area (Å²) in [7, 11) is 0. The summed E-state index contributed by atoms with van der Waals surface area (Å²) in [5.74, 6) is -1.24. The van der Waals surface area contributed by atoms with Crippen molar-refractivity contribution in [3.8, 4) is 0 Å². The molecule has 0 saturated carbocycles. The summed E-state index contributed by atoms with van der Waals surface area (Å²) in [5.41, 5.74) is 2.28. The van der Waals surface area contributed by atoms with Crippen LogP contribution < -0.4 is 5.32 Å². The minimum atomic E-state index is -0.919. The van der Waals surface area contributed by atoms with Gasteiger partial charge < -0.3 is 10.1 Å². The van der Waals surface area contributed by atoms with Crippen LogP contribution in [0.15, 0.2) is 18.2 Å². The SMILES string of the molecule is Cl.O=C(O)C1NCCc2c1[nH]c1cc(F)ccc21. The van der Waals surface area contributed by atoms with Gasteiger partial charge in [-0.3, -0.25) is 10.1 Å². The fourth-order valence-corrected chi connectivity index (χ4v) is 2.42. The zero-order valence-corrected chi connectivity index (χ0v) is 10.2. The molecule has 1 aliphatic heterocycles. The molecule has 4 nitrogen and oxygen atoms in total. The zero-order valence-electron chi connectivity index (χ0n) is 9.37. The van der Waals surface area contributed by atoms with Crippen LogP contribution in [-0.4, -0.2) is 22.6 Å². The molecule has 0 amide bonds. The molecule has 0 bridgehead atoms. The first-order chi connectivity index (χ1) is 8.16. The molecule has 0 aliphatic carbocycles. The molecule has 1 aromatic carbocycles. The Bertz CT molecular complexity index is 611. The number of carbonyl (C=O) groups is 1. The van der Waals surface area contributed by atoms with E-state index in [1.54, 1.807) is 6.07 Å². The number of aliphatic carboxylic acids is 1. The van der Waals surface area contributed by atoms with E-state index >= 15 is 0 Å². The second kappa shape index (κ2) is 4.59. The van der Waals surface area contributed by atoms with E-state index in [1.165, 1.54) is 12.1 Å². The standard InChI is InChI=1S/C12H11FN2O2.ClH/c13-6-1-2-7-8-3-4-14-11(12(16)17)10(8)15-9(7)5-6;/h1-2,5,11,14-15H,3-4H2,(H,16,17);1H. The Morgan fingerprint density at radius 3 is 2.94 bits per heavy atom. The molecule has 96 valence electrons. The molecule has 0 spiro atoms. The Labute approximate surface area is 109 Å². The van der Waals surface area contributed by atoms with Crippen molar-refractivity contribution in [1.29, 1.82) is 0 Å². The molecule has 0 saturated heterocycles. The van der Waals surface area contributed by atoms with Crippen LogP contribution in [0.5, 0.6) is 0 Å². The van der Waals surface area contributed by atoms with Crippen LogP contribution in [0.3, 0.4) is 0 Å². The van der Waals surface area contributed by atoms with E-state index in [2.05, 4.69) is 10.3 Å².